The molecule has 0 aliphatic rings. The zero-order chi connectivity index (χ0) is 24.6. The minimum atomic E-state index is -0.675. The Labute approximate surface area is 196 Å². The Hall–Kier alpha value is -1.99. The van der Waals surface area contributed by atoms with Crippen LogP contribution in [0.25, 0.3) is 0 Å². The number of ketones is 1. The molecule has 0 fully saturated rings. The van der Waals surface area contributed by atoms with E-state index in [1.807, 2.05) is 0 Å². The Morgan fingerprint density at radius 3 is 1.91 bits per heavy atom. The second-order valence-electron chi connectivity index (χ2n) is 6.96. The van der Waals surface area contributed by atoms with E-state index >= 15 is 0 Å². The van der Waals surface area contributed by atoms with Crippen molar-refractivity contribution in [2.75, 3.05) is 80.2 Å². The summed E-state index contributed by atoms with van der Waals surface area (Å²) >= 11 is 0. The number of unbranched alkanes of at least 4 members (excludes halogenated alkanes) is 1. The molecule has 0 aromatic heterocycles. The Bertz CT molecular complexity index is 509. The molecule has 12 nitrogen and oxygen atoms in total. The third kappa shape index (κ3) is 20.4. The molecule has 0 rings (SSSR count). The minimum Gasteiger partial charge on any atom is -0.447 e. The lowest BCUT2D eigenvalue weighted by Crippen LogP contribution is -2.41. The fourth-order valence-corrected chi connectivity index (χ4v) is 2.54. The maximum Gasteiger partial charge on any atom is 0.407 e. The van der Waals surface area contributed by atoms with Crippen molar-refractivity contribution in [1.29, 1.82) is 0 Å². The van der Waals surface area contributed by atoms with Crippen molar-refractivity contribution in [3.8, 4) is 0 Å². The zero-order valence-corrected chi connectivity index (χ0v) is 19.9. The molecule has 0 saturated carbocycles. The third-order valence-electron chi connectivity index (χ3n) is 4.28. The number of nitrogens with two attached hydrogens (primary N) is 1. The molecule has 4 N–H and O–H groups in total. The lowest BCUT2D eigenvalue weighted by Gasteiger charge is -2.17. The third-order valence-corrected chi connectivity index (χ3v) is 4.28. The summed E-state index contributed by atoms with van der Waals surface area (Å²) in [5.41, 5.74) is 5.47. The number of ether oxygens (including phenoxy) is 6. The van der Waals surface area contributed by atoms with E-state index in [1.54, 1.807) is 14.2 Å². The summed E-state index contributed by atoms with van der Waals surface area (Å²) in [4.78, 5) is 36.0. The molecule has 0 saturated heterocycles. The van der Waals surface area contributed by atoms with Crippen LogP contribution in [0, 0.1) is 0 Å². The summed E-state index contributed by atoms with van der Waals surface area (Å²) in [6.45, 7) is 3.33. The molecule has 0 aromatic carbocycles. The lowest BCUT2D eigenvalue weighted by atomic mass is 10.0. The highest BCUT2D eigenvalue weighted by molar-refractivity contribution is 5.87. The number of nitrogens with one attached hydrogen (secondary N) is 2. The van der Waals surface area contributed by atoms with Crippen LogP contribution in [0.5, 0.6) is 0 Å². The number of alkyl carbamates (subject to hydrolysis) is 2. The molecule has 0 heterocycles. The molecule has 12 heteroatoms. The van der Waals surface area contributed by atoms with Gasteiger partial charge in [0.1, 0.15) is 13.2 Å². The standard InChI is InChI=1S/C21H41N3O9/c1-28-10-12-30-14-16-32-20(26)23-9-4-3-6-18(19(25)7-5-8-22)24-21(27)33-17-15-31-13-11-29-2/h18H,3-17,22H2,1-2H3,(H,23,26)(H,24,27). The normalized spacial score (nSPS) is 11.6. The largest absolute Gasteiger partial charge is 0.447 e. The van der Waals surface area contributed by atoms with Crippen molar-refractivity contribution in [3.63, 3.8) is 0 Å². The topological polar surface area (TPSA) is 157 Å². The first kappa shape index (κ1) is 31.0. The molecule has 194 valence electrons. The van der Waals surface area contributed by atoms with Gasteiger partial charge in [-0.1, -0.05) is 0 Å². The predicted molar refractivity (Wildman–Crippen MR) is 120 cm³/mol. The van der Waals surface area contributed by atoms with E-state index in [0.717, 1.165) is 0 Å². The molecular formula is C21H41N3O9. The Kier molecular flexibility index (Phi) is 21.8. The Balaban J connectivity index is 4.09. The summed E-state index contributed by atoms with van der Waals surface area (Å²) < 4.78 is 30.1. The molecule has 1 atom stereocenters. The van der Waals surface area contributed by atoms with Crippen molar-refractivity contribution < 1.29 is 42.8 Å². The van der Waals surface area contributed by atoms with Crippen molar-refractivity contribution in [3.05, 3.63) is 0 Å². The molecule has 2 amide bonds. The van der Waals surface area contributed by atoms with Gasteiger partial charge in [-0.15, -0.1) is 0 Å². The van der Waals surface area contributed by atoms with Crippen LogP contribution in [-0.2, 0) is 33.2 Å². The second kappa shape index (κ2) is 23.2. The van der Waals surface area contributed by atoms with Gasteiger partial charge in [-0.25, -0.2) is 9.59 Å². The number of carbonyl (C=O) groups is 3. The van der Waals surface area contributed by atoms with E-state index in [0.29, 0.717) is 71.8 Å². The van der Waals surface area contributed by atoms with Gasteiger partial charge in [0, 0.05) is 27.2 Å². The van der Waals surface area contributed by atoms with E-state index in [-0.39, 0.29) is 32.0 Å². The average Bonchev–Trinajstić information content (AvgIpc) is 2.80. The van der Waals surface area contributed by atoms with E-state index in [4.69, 9.17) is 34.2 Å². The molecule has 0 bridgehead atoms. The van der Waals surface area contributed by atoms with Crippen molar-refractivity contribution in [2.45, 2.75) is 38.1 Å². The van der Waals surface area contributed by atoms with Gasteiger partial charge in [0.25, 0.3) is 0 Å². The fraction of sp³-hybridized carbons (Fsp3) is 0.857. The quantitative estimate of drug-likeness (QED) is 0.188. The number of hydrogen-bond donors (Lipinski definition) is 3. The van der Waals surface area contributed by atoms with Crippen LogP contribution < -0.4 is 16.4 Å². The predicted octanol–water partition coefficient (Wildman–Crippen LogP) is 0.612. The fourth-order valence-electron chi connectivity index (χ4n) is 2.54. The van der Waals surface area contributed by atoms with Crippen LogP contribution in [-0.4, -0.2) is 104 Å². The summed E-state index contributed by atoms with van der Waals surface area (Å²) in [6, 6.07) is -0.672. The Morgan fingerprint density at radius 1 is 0.758 bits per heavy atom. The van der Waals surface area contributed by atoms with Gasteiger partial charge < -0.3 is 44.8 Å². The molecule has 0 aliphatic heterocycles. The van der Waals surface area contributed by atoms with Crippen molar-refractivity contribution >= 4 is 18.0 Å². The second-order valence-corrected chi connectivity index (χ2v) is 6.96. The van der Waals surface area contributed by atoms with Crippen molar-refractivity contribution in [2.24, 2.45) is 5.73 Å². The van der Waals surface area contributed by atoms with Crippen LogP contribution in [0.2, 0.25) is 0 Å². The summed E-state index contributed by atoms with van der Waals surface area (Å²) in [5, 5.41) is 5.24. The van der Waals surface area contributed by atoms with E-state index < -0.39 is 18.2 Å². The van der Waals surface area contributed by atoms with E-state index in [9.17, 15) is 14.4 Å². The van der Waals surface area contributed by atoms with Gasteiger partial charge in [-0.2, -0.15) is 0 Å². The Morgan fingerprint density at radius 2 is 1.33 bits per heavy atom. The molecule has 0 radical (unpaired) electrons. The number of rotatable bonds is 22. The molecule has 0 spiro atoms. The first-order valence-electron chi connectivity index (χ1n) is 11.2. The average molecular weight is 480 g/mol. The molecule has 1 unspecified atom stereocenters. The van der Waals surface area contributed by atoms with Crippen LogP contribution in [0.3, 0.4) is 0 Å². The van der Waals surface area contributed by atoms with Crippen LogP contribution in [0.4, 0.5) is 9.59 Å². The molecular weight excluding hydrogens is 438 g/mol. The van der Waals surface area contributed by atoms with Crippen molar-refractivity contribution in [1.82, 2.24) is 10.6 Å². The number of methoxy groups -OCH3 is 2. The summed E-state index contributed by atoms with van der Waals surface area (Å²) in [7, 11) is 3.15. The number of amides is 2. The number of carbonyl (C=O) groups excluding carboxylic acids is 3. The minimum absolute atomic E-state index is 0.0721. The maximum absolute atomic E-state index is 12.4. The van der Waals surface area contributed by atoms with Gasteiger partial charge >= 0.3 is 12.2 Å². The van der Waals surface area contributed by atoms with Gasteiger partial charge in [-0.05, 0) is 32.2 Å². The molecule has 0 aromatic rings. The van der Waals surface area contributed by atoms with Gasteiger partial charge in [0.05, 0.1) is 45.7 Å². The van der Waals surface area contributed by atoms with Crippen LogP contribution in [0.1, 0.15) is 32.1 Å². The van der Waals surface area contributed by atoms with E-state index in [2.05, 4.69) is 10.6 Å². The highest BCUT2D eigenvalue weighted by atomic mass is 16.6. The van der Waals surface area contributed by atoms with Crippen LogP contribution >= 0.6 is 0 Å². The van der Waals surface area contributed by atoms with Gasteiger partial charge in [0.15, 0.2) is 5.78 Å². The van der Waals surface area contributed by atoms with Gasteiger partial charge in [0.2, 0.25) is 0 Å². The smallest absolute Gasteiger partial charge is 0.407 e. The first-order chi connectivity index (χ1) is 16.0. The molecule has 0 aliphatic carbocycles. The maximum atomic E-state index is 12.4. The lowest BCUT2D eigenvalue weighted by molar-refractivity contribution is -0.121. The highest BCUT2D eigenvalue weighted by Gasteiger charge is 2.20. The summed E-state index contributed by atoms with van der Waals surface area (Å²) in [6.07, 6.45) is 1.26. The number of hydrogen-bond acceptors (Lipinski definition) is 10. The van der Waals surface area contributed by atoms with E-state index in [1.165, 1.54) is 0 Å². The van der Waals surface area contributed by atoms with Crippen LogP contribution in [0.15, 0.2) is 0 Å². The number of Topliss-reactive ketones (excluding diaryl/α,β-unsaturated/α-hetero) is 1. The van der Waals surface area contributed by atoms with Gasteiger partial charge in [-0.3, -0.25) is 4.79 Å². The monoisotopic (exact) mass is 479 g/mol. The molecule has 33 heavy (non-hydrogen) atoms. The zero-order valence-electron chi connectivity index (χ0n) is 19.9. The SMILES string of the molecule is COCCOCCOC(=O)NCCCCC(NC(=O)OCCOCCOC)C(=O)CCCN. The summed E-state index contributed by atoms with van der Waals surface area (Å²) in [5.74, 6) is -0.102. The first-order valence-corrected chi connectivity index (χ1v) is 11.2. The highest BCUT2D eigenvalue weighted by Crippen LogP contribution is 2.06.